The molecule has 0 aliphatic carbocycles. The number of hydrogen-bond donors (Lipinski definition) is 1. The fraction of sp³-hybridized carbons (Fsp3) is 0.538. The van der Waals surface area contributed by atoms with E-state index in [-0.39, 0.29) is 5.41 Å². The molecule has 1 aromatic rings. The fourth-order valence-electron chi connectivity index (χ4n) is 2.33. The molecule has 94 valence electrons. The van der Waals surface area contributed by atoms with Crippen molar-refractivity contribution in [3.8, 4) is 0 Å². The maximum absolute atomic E-state index is 12.4. The van der Waals surface area contributed by atoms with Gasteiger partial charge in [-0.05, 0) is 49.0 Å². The molecular formula is C13H16F3N. The van der Waals surface area contributed by atoms with Gasteiger partial charge in [0.15, 0.2) is 0 Å². The van der Waals surface area contributed by atoms with E-state index in [0.717, 1.165) is 31.5 Å². The largest absolute Gasteiger partial charge is 0.416 e. The summed E-state index contributed by atoms with van der Waals surface area (Å²) >= 11 is 0. The monoisotopic (exact) mass is 243 g/mol. The molecule has 1 aliphatic heterocycles. The molecule has 2 rings (SSSR count). The van der Waals surface area contributed by atoms with Crippen LogP contribution in [0.3, 0.4) is 0 Å². The highest BCUT2D eigenvalue weighted by Crippen LogP contribution is 2.35. The van der Waals surface area contributed by atoms with E-state index in [1.165, 1.54) is 12.1 Å². The maximum atomic E-state index is 12.4. The van der Waals surface area contributed by atoms with Crippen molar-refractivity contribution in [1.82, 2.24) is 5.32 Å². The van der Waals surface area contributed by atoms with Gasteiger partial charge < -0.3 is 5.32 Å². The summed E-state index contributed by atoms with van der Waals surface area (Å²) in [6, 6.07) is 5.60. The van der Waals surface area contributed by atoms with Crippen molar-refractivity contribution in [3.63, 3.8) is 0 Å². The molecule has 0 aromatic heterocycles. The summed E-state index contributed by atoms with van der Waals surface area (Å²) in [7, 11) is 0. The minimum absolute atomic E-state index is 0.00930. The Morgan fingerprint density at radius 2 is 1.59 bits per heavy atom. The van der Waals surface area contributed by atoms with Crippen LogP contribution in [0.25, 0.3) is 0 Å². The lowest BCUT2D eigenvalue weighted by molar-refractivity contribution is -0.137. The zero-order valence-corrected chi connectivity index (χ0v) is 9.77. The molecule has 0 saturated carbocycles. The molecule has 1 aromatic carbocycles. The van der Waals surface area contributed by atoms with E-state index in [2.05, 4.69) is 12.2 Å². The average Bonchev–Trinajstić information content (AvgIpc) is 2.29. The van der Waals surface area contributed by atoms with E-state index in [9.17, 15) is 13.2 Å². The zero-order chi connectivity index (χ0) is 12.5. The first kappa shape index (κ1) is 12.4. The van der Waals surface area contributed by atoms with E-state index in [0.29, 0.717) is 0 Å². The lowest BCUT2D eigenvalue weighted by atomic mass is 9.75. The number of nitrogens with one attached hydrogen (secondary N) is 1. The van der Waals surface area contributed by atoms with Gasteiger partial charge >= 0.3 is 6.18 Å². The van der Waals surface area contributed by atoms with Crippen LogP contribution in [-0.2, 0) is 11.6 Å². The van der Waals surface area contributed by atoms with Crippen LogP contribution < -0.4 is 5.32 Å². The van der Waals surface area contributed by atoms with E-state index < -0.39 is 11.7 Å². The summed E-state index contributed by atoms with van der Waals surface area (Å²) in [4.78, 5) is 0. The third kappa shape index (κ3) is 2.63. The van der Waals surface area contributed by atoms with Gasteiger partial charge in [0.1, 0.15) is 0 Å². The SMILES string of the molecule is CC1(c2ccc(C(F)(F)F)cc2)CCNCC1. The predicted molar refractivity (Wildman–Crippen MR) is 60.9 cm³/mol. The van der Waals surface area contributed by atoms with Crippen LogP contribution in [0.2, 0.25) is 0 Å². The van der Waals surface area contributed by atoms with Crippen LogP contribution in [0.4, 0.5) is 13.2 Å². The van der Waals surface area contributed by atoms with Gasteiger partial charge in [-0.3, -0.25) is 0 Å². The van der Waals surface area contributed by atoms with Crippen molar-refractivity contribution in [2.75, 3.05) is 13.1 Å². The van der Waals surface area contributed by atoms with E-state index in [1.807, 2.05) is 0 Å². The van der Waals surface area contributed by atoms with Crippen molar-refractivity contribution in [2.24, 2.45) is 0 Å². The Morgan fingerprint density at radius 1 is 1.06 bits per heavy atom. The first-order valence-electron chi connectivity index (χ1n) is 5.80. The van der Waals surface area contributed by atoms with Gasteiger partial charge in [-0.2, -0.15) is 13.2 Å². The Morgan fingerprint density at radius 3 is 2.06 bits per heavy atom. The molecule has 0 atom stereocenters. The van der Waals surface area contributed by atoms with Gasteiger partial charge in [0, 0.05) is 0 Å². The van der Waals surface area contributed by atoms with Gasteiger partial charge in [-0.15, -0.1) is 0 Å². The van der Waals surface area contributed by atoms with Crippen LogP contribution in [-0.4, -0.2) is 13.1 Å². The number of benzene rings is 1. The second kappa shape index (κ2) is 4.33. The van der Waals surface area contributed by atoms with Crippen molar-refractivity contribution in [1.29, 1.82) is 0 Å². The smallest absolute Gasteiger partial charge is 0.317 e. The summed E-state index contributed by atoms with van der Waals surface area (Å²) in [5.41, 5.74) is 0.445. The van der Waals surface area contributed by atoms with Crippen molar-refractivity contribution in [3.05, 3.63) is 35.4 Å². The zero-order valence-electron chi connectivity index (χ0n) is 9.77. The van der Waals surface area contributed by atoms with E-state index in [1.54, 1.807) is 12.1 Å². The number of hydrogen-bond acceptors (Lipinski definition) is 1. The van der Waals surface area contributed by atoms with E-state index >= 15 is 0 Å². The van der Waals surface area contributed by atoms with Crippen molar-refractivity contribution in [2.45, 2.75) is 31.4 Å². The highest BCUT2D eigenvalue weighted by atomic mass is 19.4. The lowest BCUT2D eigenvalue weighted by Crippen LogP contribution is -2.37. The lowest BCUT2D eigenvalue weighted by Gasteiger charge is -2.34. The topological polar surface area (TPSA) is 12.0 Å². The number of halogens is 3. The standard InChI is InChI=1S/C13H16F3N/c1-12(6-8-17-9-7-12)10-2-4-11(5-3-10)13(14,15)16/h2-5,17H,6-9H2,1H3. The first-order chi connectivity index (χ1) is 7.92. The fourth-order valence-corrected chi connectivity index (χ4v) is 2.33. The van der Waals surface area contributed by atoms with Gasteiger partial charge in [-0.1, -0.05) is 19.1 Å². The van der Waals surface area contributed by atoms with Crippen LogP contribution in [0.15, 0.2) is 24.3 Å². The minimum Gasteiger partial charge on any atom is -0.317 e. The summed E-state index contributed by atoms with van der Waals surface area (Å²) in [6.45, 7) is 3.98. The third-order valence-corrected chi connectivity index (χ3v) is 3.62. The normalized spacial score (nSPS) is 20.2. The number of alkyl halides is 3. The summed E-state index contributed by atoms with van der Waals surface area (Å²) in [5.74, 6) is 0. The highest BCUT2D eigenvalue weighted by Gasteiger charge is 2.32. The Kier molecular flexibility index (Phi) is 3.17. The molecule has 0 amide bonds. The van der Waals surface area contributed by atoms with Crippen LogP contribution in [0.1, 0.15) is 30.9 Å². The Hall–Kier alpha value is -1.03. The summed E-state index contributed by atoms with van der Waals surface area (Å²) in [6.07, 6.45) is -2.30. The van der Waals surface area contributed by atoms with Crippen molar-refractivity contribution >= 4 is 0 Å². The summed E-state index contributed by atoms with van der Waals surface area (Å²) < 4.78 is 37.3. The quantitative estimate of drug-likeness (QED) is 0.797. The van der Waals surface area contributed by atoms with Gasteiger partial charge in [0.25, 0.3) is 0 Å². The molecule has 1 heterocycles. The third-order valence-electron chi connectivity index (χ3n) is 3.62. The molecule has 4 heteroatoms. The van der Waals surface area contributed by atoms with Gasteiger partial charge in [0.2, 0.25) is 0 Å². The predicted octanol–water partition coefficient (Wildman–Crippen LogP) is 3.35. The van der Waals surface area contributed by atoms with Crippen LogP contribution in [0, 0.1) is 0 Å². The molecule has 1 N–H and O–H groups in total. The Bertz CT molecular complexity index is 375. The average molecular weight is 243 g/mol. The molecule has 1 aliphatic rings. The number of rotatable bonds is 1. The van der Waals surface area contributed by atoms with Gasteiger partial charge in [0.05, 0.1) is 5.56 Å². The van der Waals surface area contributed by atoms with E-state index in [4.69, 9.17) is 0 Å². The second-order valence-electron chi connectivity index (χ2n) is 4.89. The second-order valence-corrected chi connectivity index (χ2v) is 4.89. The Labute approximate surface area is 99.0 Å². The highest BCUT2D eigenvalue weighted by molar-refractivity contribution is 5.30. The molecule has 0 spiro atoms. The molecule has 1 fully saturated rings. The number of piperidine rings is 1. The molecule has 0 radical (unpaired) electrons. The molecular weight excluding hydrogens is 227 g/mol. The van der Waals surface area contributed by atoms with Crippen LogP contribution >= 0.6 is 0 Å². The first-order valence-corrected chi connectivity index (χ1v) is 5.80. The van der Waals surface area contributed by atoms with Crippen molar-refractivity contribution < 1.29 is 13.2 Å². The van der Waals surface area contributed by atoms with Gasteiger partial charge in [-0.25, -0.2) is 0 Å². The molecule has 17 heavy (non-hydrogen) atoms. The van der Waals surface area contributed by atoms with Crippen LogP contribution in [0.5, 0.6) is 0 Å². The minimum atomic E-state index is -4.24. The molecule has 1 nitrogen and oxygen atoms in total. The summed E-state index contributed by atoms with van der Waals surface area (Å²) in [5, 5.41) is 3.27. The Balaban J connectivity index is 2.23. The maximum Gasteiger partial charge on any atom is 0.416 e. The molecule has 0 unspecified atom stereocenters. The molecule has 1 saturated heterocycles. The molecule has 0 bridgehead atoms.